The number of anilines is 2. The van der Waals surface area contributed by atoms with E-state index in [0.29, 0.717) is 13.1 Å². The fraction of sp³-hybridized carbons (Fsp3) is 0.615. The highest BCUT2D eigenvalue weighted by Crippen LogP contribution is 2.28. The maximum Gasteiger partial charge on any atom is 0.168 e. The van der Waals surface area contributed by atoms with Crippen molar-refractivity contribution in [3.05, 3.63) is 17.7 Å². The van der Waals surface area contributed by atoms with Gasteiger partial charge in [-0.1, -0.05) is 6.92 Å². The minimum Gasteiger partial charge on any atom is -0.394 e. The van der Waals surface area contributed by atoms with Crippen LogP contribution in [0.5, 0.6) is 0 Å². The quantitative estimate of drug-likeness (QED) is 0.861. The third kappa shape index (κ3) is 2.94. The van der Waals surface area contributed by atoms with Crippen molar-refractivity contribution in [2.45, 2.75) is 32.2 Å². The molecule has 0 spiro atoms. The highest BCUT2D eigenvalue weighted by Gasteiger charge is 2.28. The van der Waals surface area contributed by atoms with Gasteiger partial charge >= 0.3 is 0 Å². The molecule has 1 saturated heterocycles. The summed E-state index contributed by atoms with van der Waals surface area (Å²) in [6.45, 7) is 3.13. The Balaban J connectivity index is 2.28. The van der Waals surface area contributed by atoms with Crippen molar-refractivity contribution >= 4 is 11.6 Å². The van der Waals surface area contributed by atoms with Crippen LogP contribution in [0.15, 0.2) is 6.07 Å². The Hall–Kier alpha value is -1.43. The van der Waals surface area contributed by atoms with E-state index in [1.807, 2.05) is 6.92 Å². The number of pyridine rings is 1. The van der Waals surface area contributed by atoms with E-state index in [1.54, 1.807) is 4.90 Å². The van der Waals surface area contributed by atoms with Crippen molar-refractivity contribution in [2.24, 2.45) is 0 Å². The molecular weight excluding hydrogens is 252 g/mol. The summed E-state index contributed by atoms with van der Waals surface area (Å²) in [5.41, 5.74) is 0. The molecule has 1 aromatic heterocycles. The van der Waals surface area contributed by atoms with Crippen LogP contribution in [0.4, 0.5) is 20.4 Å². The van der Waals surface area contributed by atoms with Gasteiger partial charge in [-0.3, -0.25) is 0 Å². The number of aliphatic hydroxyl groups excluding tert-OH is 1. The zero-order valence-electron chi connectivity index (χ0n) is 11.0. The Morgan fingerprint density at radius 2 is 2.26 bits per heavy atom. The van der Waals surface area contributed by atoms with Gasteiger partial charge in [0.2, 0.25) is 0 Å². The van der Waals surface area contributed by atoms with Crippen molar-refractivity contribution in [1.82, 2.24) is 4.98 Å². The Morgan fingerprint density at radius 1 is 1.47 bits per heavy atom. The lowest BCUT2D eigenvalue weighted by Crippen LogP contribution is -2.33. The van der Waals surface area contributed by atoms with Crippen molar-refractivity contribution < 1.29 is 13.9 Å². The van der Waals surface area contributed by atoms with Crippen LogP contribution in [0.25, 0.3) is 0 Å². The van der Waals surface area contributed by atoms with E-state index < -0.39 is 11.6 Å². The van der Waals surface area contributed by atoms with Gasteiger partial charge in [0.15, 0.2) is 23.3 Å². The lowest BCUT2D eigenvalue weighted by molar-refractivity contribution is 0.265. The molecule has 19 heavy (non-hydrogen) atoms. The van der Waals surface area contributed by atoms with Crippen molar-refractivity contribution in [1.29, 1.82) is 0 Å². The van der Waals surface area contributed by atoms with Crippen LogP contribution < -0.4 is 10.2 Å². The molecule has 0 amide bonds. The smallest absolute Gasteiger partial charge is 0.168 e. The third-order valence-corrected chi connectivity index (χ3v) is 3.31. The van der Waals surface area contributed by atoms with Gasteiger partial charge in [-0.25, -0.2) is 13.8 Å². The van der Waals surface area contributed by atoms with Crippen LogP contribution in [0.1, 0.15) is 26.2 Å². The van der Waals surface area contributed by atoms with E-state index in [4.69, 9.17) is 0 Å². The highest BCUT2D eigenvalue weighted by atomic mass is 19.1. The molecule has 0 aliphatic carbocycles. The standard InChI is InChI=1S/C13H19F2N3O/c1-2-5-16-12-10(14)7-11(15)13(17-12)18-6-3-4-9(18)8-19/h7,9,19H,2-6,8H2,1H3,(H,16,17). The number of halogens is 2. The van der Waals surface area contributed by atoms with Gasteiger partial charge < -0.3 is 15.3 Å². The first-order valence-electron chi connectivity index (χ1n) is 6.64. The molecule has 0 aromatic carbocycles. The number of aliphatic hydroxyl groups is 1. The van der Waals surface area contributed by atoms with Crippen LogP contribution in [-0.4, -0.2) is 35.8 Å². The lowest BCUT2D eigenvalue weighted by Gasteiger charge is -2.25. The monoisotopic (exact) mass is 271 g/mol. The van der Waals surface area contributed by atoms with Gasteiger partial charge in [-0.2, -0.15) is 0 Å². The molecule has 106 valence electrons. The summed E-state index contributed by atoms with van der Waals surface area (Å²) in [7, 11) is 0. The van der Waals surface area contributed by atoms with Gasteiger partial charge in [-0.15, -0.1) is 0 Å². The molecule has 6 heteroatoms. The number of hydrogen-bond acceptors (Lipinski definition) is 4. The van der Waals surface area contributed by atoms with E-state index in [1.165, 1.54) is 0 Å². The summed E-state index contributed by atoms with van der Waals surface area (Å²) in [6, 6.07) is 0.721. The van der Waals surface area contributed by atoms with Crippen molar-refractivity contribution in [3.63, 3.8) is 0 Å². The summed E-state index contributed by atoms with van der Waals surface area (Å²) in [4.78, 5) is 5.76. The molecule has 2 N–H and O–H groups in total. The van der Waals surface area contributed by atoms with Crippen molar-refractivity contribution in [2.75, 3.05) is 29.9 Å². The first kappa shape index (κ1) is 14.0. The fourth-order valence-corrected chi connectivity index (χ4v) is 2.33. The summed E-state index contributed by atoms with van der Waals surface area (Å²) in [6.07, 6.45) is 2.50. The van der Waals surface area contributed by atoms with Gasteiger partial charge in [0.25, 0.3) is 0 Å². The molecule has 2 rings (SSSR count). The first-order chi connectivity index (χ1) is 9.17. The molecule has 0 bridgehead atoms. The Morgan fingerprint density at radius 3 is 2.95 bits per heavy atom. The minimum absolute atomic E-state index is 0.0454. The second-order valence-corrected chi connectivity index (χ2v) is 4.72. The van der Waals surface area contributed by atoms with E-state index in [0.717, 1.165) is 25.3 Å². The summed E-state index contributed by atoms with van der Waals surface area (Å²) >= 11 is 0. The van der Waals surface area contributed by atoms with Gasteiger partial charge in [-0.05, 0) is 19.3 Å². The molecule has 1 atom stereocenters. The Bertz CT molecular complexity index is 442. The normalized spacial score (nSPS) is 18.9. The first-order valence-corrected chi connectivity index (χ1v) is 6.64. The van der Waals surface area contributed by atoms with E-state index in [2.05, 4.69) is 10.3 Å². The number of hydrogen-bond donors (Lipinski definition) is 2. The summed E-state index contributed by atoms with van der Waals surface area (Å²) < 4.78 is 27.4. The average Bonchev–Trinajstić information content (AvgIpc) is 2.86. The van der Waals surface area contributed by atoms with Crippen molar-refractivity contribution in [3.8, 4) is 0 Å². The van der Waals surface area contributed by atoms with Gasteiger partial charge in [0, 0.05) is 19.2 Å². The van der Waals surface area contributed by atoms with Crippen LogP contribution >= 0.6 is 0 Å². The van der Waals surface area contributed by atoms with Crippen LogP contribution in [0, 0.1) is 11.6 Å². The Labute approximate surface area is 111 Å². The van der Waals surface area contributed by atoms with Crippen LogP contribution in [0.2, 0.25) is 0 Å². The molecule has 4 nitrogen and oxygen atoms in total. The summed E-state index contributed by atoms with van der Waals surface area (Å²) in [5.74, 6) is -1.17. The molecule has 1 fully saturated rings. The number of nitrogens with one attached hydrogen (secondary N) is 1. The average molecular weight is 271 g/mol. The molecule has 2 heterocycles. The minimum atomic E-state index is -0.686. The largest absolute Gasteiger partial charge is 0.394 e. The molecule has 1 unspecified atom stereocenters. The predicted molar refractivity (Wildman–Crippen MR) is 70.4 cm³/mol. The van der Waals surface area contributed by atoms with Crippen LogP contribution in [0.3, 0.4) is 0 Å². The maximum absolute atomic E-state index is 13.9. The predicted octanol–water partition coefficient (Wildman–Crippen LogP) is 2.14. The zero-order chi connectivity index (χ0) is 13.8. The van der Waals surface area contributed by atoms with E-state index in [-0.39, 0.29) is 24.3 Å². The van der Waals surface area contributed by atoms with E-state index >= 15 is 0 Å². The highest BCUT2D eigenvalue weighted by molar-refractivity contribution is 5.50. The summed E-state index contributed by atoms with van der Waals surface area (Å²) in [5, 5.41) is 12.1. The van der Waals surface area contributed by atoms with Crippen LogP contribution in [-0.2, 0) is 0 Å². The number of aromatic nitrogens is 1. The van der Waals surface area contributed by atoms with E-state index in [9.17, 15) is 13.9 Å². The lowest BCUT2D eigenvalue weighted by atomic mass is 10.2. The molecular formula is C13H19F2N3O. The second-order valence-electron chi connectivity index (χ2n) is 4.72. The maximum atomic E-state index is 13.9. The topological polar surface area (TPSA) is 48.4 Å². The zero-order valence-corrected chi connectivity index (χ0v) is 11.0. The number of rotatable bonds is 5. The molecule has 1 aromatic rings. The van der Waals surface area contributed by atoms with Gasteiger partial charge in [0.05, 0.1) is 12.6 Å². The molecule has 1 aliphatic rings. The third-order valence-electron chi connectivity index (χ3n) is 3.31. The van der Waals surface area contributed by atoms with Gasteiger partial charge in [0.1, 0.15) is 0 Å². The number of nitrogens with zero attached hydrogens (tertiary/aromatic N) is 2. The SMILES string of the molecule is CCCNc1nc(N2CCCC2CO)c(F)cc1F. The molecule has 0 saturated carbocycles. The fourth-order valence-electron chi connectivity index (χ4n) is 2.33. The Kier molecular flexibility index (Phi) is 4.52. The molecule has 1 aliphatic heterocycles. The second kappa shape index (κ2) is 6.14. The molecule has 0 radical (unpaired) electrons.